The molecular formula is C8H13NO6P2. The van der Waals surface area contributed by atoms with E-state index in [-0.39, 0.29) is 16.8 Å². The van der Waals surface area contributed by atoms with E-state index in [4.69, 9.17) is 15.5 Å². The molecule has 0 saturated heterocycles. The minimum atomic E-state index is -4.82. The van der Waals surface area contributed by atoms with Crippen molar-refractivity contribution in [1.82, 2.24) is 0 Å². The molecule has 1 aromatic rings. The van der Waals surface area contributed by atoms with Gasteiger partial charge >= 0.3 is 15.2 Å². The van der Waals surface area contributed by atoms with Crippen molar-refractivity contribution >= 4 is 31.5 Å². The Labute approximate surface area is 97.6 Å². The maximum atomic E-state index is 11.3. The van der Waals surface area contributed by atoms with Crippen LogP contribution in [0.15, 0.2) is 6.07 Å². The topological polar surface area (TPSA) is 141 Å². The van der Waals surface area contributed by atoms with Gasteiger partial charge in [-0.2, -0.15) is 0 Å². The second kappa shape index (κ2) is 4.21. The fraction of sp³-hybridized carbons (Fsp3) is 0.250. The largest absolute Gasteiger partial charge is 0.398 e. The zero-order valence-corrected chi connectivity index (χ0v) is 10.9. The summed E-state index contributed by atoms with van der Waals surface area (Å²) in [7, 11) is -9.60. The van der Waals surface area contributed by atoms with Gasteiger partial charge in [0.05, 0.1) is 10.6 Å². The zero-order valence-electron chi connectivity index (χ0n) is 9.15. The van der Waals surface area contributed by atoms with Crippen LogP contribution in [-0.4, -0.2) is 19.6 Å². The molecule has 0 atom stereocenters. The molecule has 9 heteroatoms. The van der Waals surface area contributed by atoms with Crippen molar-refractivity contribution in [3.8, 4) is 0 Å². The third-order valence-corrected chi connectivity index (χ3v) is 4.82. The van der Waals surface area contributed by atoms with E-state index in [2.05, 4.69) is 0 Å². The molecule has 0 saturated carbocycles. The van der Waals surface area contributed by atoms with Crippen molar-refractivity contribution < 1.29 is 28.7 Å². The van der Waals surface area contributed by atoms with Gasteiger partial charge in [0, 0.05) is 5.69 Å². The molecule has 6 N–H and O–H groups in total. The number of rotatable bonds is 2. The third kappa shape index (κ3) is 2.77. The van der Waals surface area contributed by atoms with E-state index in [0.717, 1.165) is 0 Å². The van der Waals surface area contributed by atoms with E-state index < -0.39 is 25.8 Å². The predicted molar refractivity (Wildman–Crippen MR) is 63.7 cm³/mol. The molecule has 17 heavy (non-hydrogen) atoms. The molecule has 0 radical (unpaired) electrons. The Morgan fingerprint density at radius 2 is 1.41 bits per heavy atom. The quantitative estimate of drug-likeness (QED) is 0.363. The van der Waals surface area contributed by atoms with Crippen LogP contribution in [0.25, 0.3) is 0 Å². The molecule has 0 amide bonds. The van der Waals surface area contributed by atoms with E-state index >= 15 is 0 Å². The lowest BCUT2D eigenvalue weighted by Gasteiger charge is -2.18. The highest BCUT2D eigenvalue weighted by atomic mass is 31.2. The Morgan fingerprint density at radius 1 is 1.00 bits per heavy atom. The van der Waals surface area contributed by atoms with Gasteiger partial charge in [0.15, 0.2) is 0 Å². The molecule has 1 rings (SSSR count). The highest BCUT2D eigenvalue weighted by Crippen LogP contribution is 2.43. The summed E-state index contributed by atoms with van der Waals surface area (Å²) in [6.07, 6.45) is 0. The number of hydrogen-bond acceptors (Lipinski definition) is 3. The van der Waals surface area contributed by atoms with Crippen LogP contribution in [-0.2, 0) is 9.13 Å². The molecule has 0 aliphatic carbocycles. The van der Waals surface area contributed by atoms with Gasteiger partial charge in [-0.25, -0.2) is 0 Å². The summed E-state index contributed by atoms with van der Waals surface area (Å²) in [5, 5.41) is -1.32. The summed E-state index contributed by atoms with van der Waals surface area (Å²) in [4.78, 5) is 36.7. The number of hydrogen-bond donors (Lipinski definition) is 5. The summed E-state index contributed by atoms with van der Waals surface area (Å²) >= 11 is 0. The Morgan fingerprint density at radius 3 is 1.76 bits per heavy atom. The lowest BCUT2D eigenvalue weighted by Crippen LogP contribution is -2.30. The molecule has 1 aromatic carbocycles. The van der Waals surface area contributed by atoms with Crippen molar-refractivity contribution in [2.75, 3.05) is 5.73 Å². The van der Waals surface area contributed by atoms with Crippen LogP contribution < -0.4 is 16.3 Å². The van der Waals surface area contributed by atoms with E-state index in [1.807, 2.05) is 0 Å². The maximum Gasteiger partial charge on any atom is 0.357 e. The summed E-state index contributed by atoms with van der Waals surface area (Å²) in [5.74, 6) is 0. The minimum Gasteiger partial charge on any atom is -0.398 e. The highest BCUT2D eigenvalue weighted by molar-refractivity contribution is 7.67. The first-order valence-electron chi connectivity index (χ1n) is 4.48. The SMILES string of the molecule is Cc1cc(N)c(C)c(P(=O)(O)O)c1P(=O)(O)O. The first-order valence-corrected chi connectivity index (χ1v) is 7.70. The molecule has 0 aromatic heterocycles. The summed E-state index contributed by atoms with van der Waals surface area (Å²) in [5.41, 5.74) is 5.66. The van der Waals surface area contributed by atoms with Gasteiger partial charge in [-0.1, -0.05) is 0 Å². The first-order chi connectivity index (χ1) is 7.46. The molecule has 0 bridgehead atoms. The van der Waals surface area contributed by atoms with Crippen LogP contribution >= 0.6 is 15.2 Å². The second-order valence-corrected chi connectivity index (χ2v) is 6.76. The number of anilines is 1. The van der Waals surface area contributed by atoms with Gasteiger partial charge in [-0.15, -0.1) is 0 Å². The lowest BCUT2D eigenvalue weighted by molar-refractivity contribution is 0.381. The van der Waals surface area contributed by atoms with Crippen LogP contribution in [0.1, 0.15) is 11.1 Å². The average Bonchev–Trinajstić information content (AvgIpc) is 2.06. The number of nitrogen functional groups attached to an aromatic ring is 1. The zero-order chi connectivity index (χ0) is 13.6. The van der Waals surface area contributed by atoms with Gasteiger partial charge < -0.3 is 25.3 Å². The Bertz CT molecular complexity index is 558. The smallest absolute Gasteiger partial charge is 0.357 e. The van der Waals surface area contributed by atoms with E-state index in [1.165, 1.54) is 19.9 Å². The van der Waals surface area contributed by atoms with Crippen LogP contribution in [0, 0.1) is 13.8 Å². The van der Waals surface area contributed by atoms with Crippen LogP contribution in [0.4, 0.5) is 5.69 Å². The Kier molecular flexibility index (Phi) is 3.56. The molecule has 0 aliphatic rings. The molecule has 96 valence electrons. The second-order valence-electron chi connectivity index (χ2n) is 3.69. The Hall–Kier alpha value is -0.680. The van der Waals surface area contributed by atoms with Crippen LogP contribution in [0.3, 0.4) is 0 Å². The van der Waals surface area contributed by atoms with Crippen molar-refractivity contribution in [3.63, 3.8) is 0 Å². The fourth-order valence-corrected chi connectivity index (χ4v) is 4.40. The normalized spacial score (nSPS) is 12.8. The molecule has 0 spiro atoms. The molecule has 0 fully saturated rings. The predicted octanol–water partition coefficient (Wildman–Crippen LogP) is -0.508. The van der Waals surface area contributed by atoms with Gasteiger partial charge in [0.1, 0.15) is 0 Å². The molecule has 7 nitrogen and oxygen atoms in total. The van der Waals surface area contributed by atoms with Crippen molar-refractivity contribution in [2.45, 2.75) is 13.8 Å². The lowest BCUT2D eigenvalue weighted by atomic mass is 10.1. The Balaban J connectivity index is 3.89. The summed E-state index contributed by atoms with van der Waals surface area (Å²) in [6.45, 7) is 2.64. The monoisotopic (exact) mass is 281 g/mol. The van der Waals surface area contributed by atoms with Crippen molar-refractivity contribution in [2.24, 2.45) is 0 Å². The number of aryl methyl sites for hydroxylation is 1. The minimum absolute atomic E-state index is 0.0118. The number of benzene rings is 1. The van der Waals surface area contributed by atoms with Gasteiger partial charge in [0.2, 0.25) is 0 Å². The van der Waals surface area contributed by atoms with Crippen molar-refractivity contribution in [1.29, 1.82) is 0 Å². The van der Waals surface area contributed by atoms with E-state index in [1.54, 1.807) is 0 Å². The summed E-state index contributed by atoms with van der Waals surface area (Å²) in [6, 6.07) is 1.28. The molecule has 0 heterocycles. The molecule has 0 aliphatic heterocycles. The maximum absolute atomic E-state index is 11.3. The van der Waals surface area contributed by atoms with Crippen LogP contribution in [0.5, 0.6) is 0 Å². The average molecular weight is 281 g/mol. The van der Waals surface area contributed by atoms with E-state index in [0.29, 0.717) is 0 Å². The highest BCUT2D eigenvalue weighted by Gasteiger charge is 2.34. The molecule has 0 unspecified atom stereocenters. The van der Waals surface area contributed by atoms with Crippen LogP contribution in [0.2, 0.25) is 0 Å². The van der Waals surface area contributed by atoms with E-state index in [9.17, 15) is 18.9 Å². The van der Waals surface area contributed by atoms with Crippen molar-refractivity contribution in [3.05, 3.63) is 17.2 Å². The van der Waals surface area contributed by atoms with Gasteiger partial charge in [-0.3, -0.25) is 9.13 Å². The van der Waals surface area contributed by atoms with Gasteiger partial charge in [-0.05, 0) is 31.0 Å². The third-order valence-electron chi connectivity index (χ3n) is 2.34. The standard InChI is InChI=1S/C8H13NO6P2/c1-4-3-6(9)5(2)8(17(13,14)15)7(4)16(10,11)12/h3H,9H2,1-2H3,(H2,10,11,12)(H2,13,14,15). The first kappa shape index (κ1) is 14.4. The number of nitrogens with two attached hydrogens (primary N) is 1. The summed E-state index contributed by atoms with van der Waals surface area (Å²) < 4.78 is 22.6. The van der Waals surface area contributed by atoms with Gasteiger partial charge in [0.25, 0.3) is 0 Å². The fourth-order valence-electron chi connectivity index (χ4n) is 1.64. The molecular weight excluding hydrogens is 268 g/mol.